The molecule has 0 N–H and O–H groups in total. The average Bonchev–Trinajstić information content (AvgIpc) is 2.19. The molecule has 1 aromatic rings. The number of esters is 1. The number of alkyl halides is 2. The maximum absolute atomic E-state index is 12.4. The van der Waals surface area contributed by atoms with Crippen molar-refractivity contribution < 1.29 is 18.3 Å². The summed E-state index contributed by atoms with van der Waals surface area (Å²) < 4.78 is 29.1. The van der Waals surface area contributed by atoms with Crippen LogP contribution in [0.3, 0.4) is 0 Å². The molecule has 0 radical (unpaired) electrons. The number of ether oxygens (including phenoxy) is 1. The molecule has 0 amide bonds. The standard InChI is InChI=1S/C8H5Cl2F2NO2/c1-15-8(14)3-2-4(9)13-6(5(3)10)7(11)12/h2,7H,1H3. The summed E-state index contributed by atoms with van der Waals surface area (Å²) in [5.41, 5.74) is -0.959. The Morgan fingerprint density at radius 1 is 1.53 bits per heavy atom. The molecule has 0 unspecified atom stereocenters. The zero-order valence-corrected chi connectivity index (χ0v) is 8.94. The quantitative estimate of drug-likeness (QED) is 0.602. The number of rotatable bonds is 2. The average molecular weight is 256 g/mol. The molecule has 0 fully saturated rings. The van der Waals surface area contributed by atoms with Crippen molar-refractivity contribution in [3.8, 4) is 0 Å². The first kappa shape index (κ1) is 12.1. The van der Waals surface area contributed by atoms with Crippen LogP contribution in [0.1, 0.15) is 22.5 Å². The van der Waals surface area contributed by atoms with E-state index in [2.05, 4.69) is 9.72 Å². The zero-order valence-electron chi connectivity index (χ0n) is 7.43. The highest BCUT2D eigenvalue weighted by Crippen LogP contribution is 2.30. The van der Waals surface area contributed by atoms with E-state index in [-0.39, 0.29) is 10.7 Å². The molecule has 0 aliphatic rings. The van der Waals surface area contributed by atoms with Crippen LogP contribution in [0, 0.1) is 0 Å². The molecule has 0 aromatic carbocycles. The maximum atomic E-state index is 12.4. The summed E-state index contributed by atoms with van der Waals surface area (Å²) in [5, 5.41) is -0.684. The van der Waals surface area contributed by atoms with Gasteiger partial charge in [0.2, 0.25) is 0 Å². The van der Waals surface area contributed by atoms with Gasteiger partial charge in [0, 0.05) is 0 Å². The summed E-state index contributed by atoms with van der Waals surface area (Å²) in [7, 11) is 1.11. The van der Waals surface area contributed by atoms with Crippen molar-refractivity contribution in [3.63, 3.8) is 0 Å². The zero-order chi connectivity index (χ0) is 11.6. The second-order valence-electron chi connectivity index (χ2n) is 2.48. The third-order valence-corrected chi connectivity index (χ3v) is 2.15. The van der Waals surface area contributed by atoms with E-state index in [1.807, 2.05) is 0 Å². The highest BCUT2D eigenvalue weighted by atomic mass is 35.5. The van der Waals surface area contributed by atoms with Crippen LogP contribution in [-0.4, -0.2) is 18.1 Å². The number of carbonyl (C=O) groups excluding carboxylic acids is 1. The van der Waals surface area contributed by atoms with E-state index in [1.165, 1.54) is 0 Å². The molecule has 7 heteroatoms. The van der Waals surface area contributed by atoms with Gasteiger partial charge >= 0.3 is 5.97 Å². The van der Waals surface area contributed by atoms with Gasteiger partial charge in [-0.05, 0) is 6.07 Å². The molecule has 0 atom stereocenters. The first-order valence-electron chi connectivity index (χ1n) is 3.69. The van der Waals surface area contributed by atoms with Crippen LogP contribution in [0.2, 0.25) is 10.2 Å². The first-order chi connectivity index (χ1) is 6.97. The monoisotopic (exact) mass is 255 g/mol. The second kappa shape index (κ2) is 4.72. The number of hydrogen-bond acceptors (Lipinski definition) is 3. The van der Waals surface area contributed by atoms with Crippen molar-refractivity contribution in [2.75, 3.05) is 7.11 Å². The third kappa shape index (κ3) is 2.54. The summed E-state index contributed by atoms with van der Waals surface area (Å²) in [6, 6.07) is 1.07. The van der Waals surface area contributed by atoms with Crippen molar-refractivity contribution in [3.05, 3.63) is 27.5 Å². The fourth-order valence-electron chi connectivity index (χ4n) is 0.920. The number of nitrogens with zero attached hydrogens (tertiary/aromatic N) is 1. The van der Waals surface area contributed by atoms with Gasteiger partial charge in [0.15, 0.2) is 0 Å². The topological polar surface area (TPSA) is 39.2 Å². The van der Waals surface area contributed by atoms with Gasteiger partial charge in [0.25, 0.3) is 6.43 Å². The number of halogens is 4. The van der Waals surface area contributed by atoms with E-state index < -0.39 is 23.1 Å². The molecule has 1 rings (SSSR count). The molecule has 0 aliphatic carbocycles. The molecule has 0 bridgehead atoms. The van der Waals surface area contributed by atoms with Gasteiger partial charge in [0.05, 0.1) is 17.7 Å². The van der Waals surface area contributed by atoms with Gasteiger partial charge < -0.3 is 4.74 Å². The lowest BCUT2D eigenvalue weighted by Crippen LogP contribution is -2.06. The van der Waals surface area contributed by atoms with Crippen LogP contribution in [0.5, 0.6) is 0 Å². The highest BCUT2D eigenvalue weighted by molar-refractivity contribution is 6.35. The van der Waals surface area contributed by atoms with Gasteiger partial charge in [-0.3, -0.25) is 0 Å². The highest BCUT2D eigenvalue weighted by Gasteiger charge is 2.22. The van der Waals surface area contributed by atoms with E-state index in [0.29, 0.717) is 0 Å². The van der Waals surface area contributed by atoms with Gasteiger partial charge in [-0.1, -0.05) is 23.2 Å². The van der Waals surface area contributed by atoms with E-state index in [4.69, 9.17) is 23.2 Å². The summed E-state index contributed by atoms with van der Waals surface area (Å²) in [4.78, 5) is 14.4. The van der Waals surface area contributed by atoms with Crippen LogP contribution in [0.15, 0.2) is 6.07 Å². The Labute approximate surface area is 94.0 Å². The second-order valence-corrected chi connectivity index (χ2v) is 3.25. The van der Waals surface area contributed by atoms with Crippen LogP contribution in [-0.2, 0) is 4.74 Å². The summed E-state index contributed by atoms with van der Waals surface area (Å²) in [5.74, 6) is -0.841. The lowest BCUT2D eigenvalue weighted by atomic mass is 10.2. The Balaban J connectivity index is 3.34. The number of methoxy groups -OCH3 is 1. The Hall–Kier alpha value is -0.940. The minimum atomic E-state index is -2.90. The Morgan fingerprint density at radius 3 is 2.60 bits per heavy atom. The lowest BCUT2D eigenvalue weighted by molar-refractivity contribution is 0.0600. The smallest absolute Gasteiger partial charge is 0.339 e. The van der Waals surface area contributed by atoms with E-state index in [1.54, 1.807) is 0 Å². The molecule has 1 heterocycles. The molecule has 82 valence electrons. The van der Waals surface area contributed by atoms with Crippen molar-refractivity contribution in [2.24, 2.45) is 0 Å². The van der Waals surface area contributed by atoms with Crippen molar-refractivity contribution in [1.82, 2.24) is 4.98 Å². The van der Waals surface area contributed by atoms with Gasteiger partial charge in [-0.15, -0.1) is 0 Å². The molecule has 0 aliphatic heterocycles. The Bertz CT molecular complexity index is 398. The molecule has 0 saturated carbocycles. The minimum Gasteiger partial charge on any atom is -0.465 e. The van der Waals surface area contributed by atoms with E-state index >= 15 is 0 Å². The number of hydrogen-bond donors (Lipinski definition) is 0. The fraction of sp³-hybridized carbons (Fsp3) is 0.250. The molecular weight excluding hydrogens is 251 g/mol. The normalized spacial score (nSPS) is 10.5. The molecule has 0 saturated heterocycles. The van der Waals surface area contributed by atoms with Gasteiger partial charge in [-0.2, -0.15) is 0 Å². The molecule has 15 heavy (non-hydrogen) atoms. The number of aromatic nitrogens is 1. The third-order valence-electron chi connectivity index (χ3n) is 1.56. The summed E-state index contributed by atoms with van der Waals surface area (Å²) >= 11 is 11.0. The van der Waals surface area contributed by atoms with Crippen molar-refractivity contribution in [1.29, 1.82) is 0 Å². The van der Waals surface area contributed by atoms with E-state index in [0.717, 1.165) is 13.2 Å². The van der Waals surface area contributed by atoms with Crippen LogP contribution < -0.4 is 0 Å². The van der Waals surface area contributed by atoms with Crippen molar-refractivity contribution in [2.45, 2.75) is 6.43 Å². The maximum Gasteiger partial charge on any atom is 0.339 e. The van der Waals surface area contributed by atoms with Crippen LogP contribution >= 0.6 is 23.2 Å². The molecule has 0 spiro atoms. The fourth-order valence-corrected chi connectivity index (χ4v) is 1.38. The Morgan fingerprint density at radius 2 is 2.13 bits per heavy atom. The predicted octanol–water partition coefficient (Wildman–Crippen LogP) is 3.11. The lowest BCUT2D eigenvalue weighted by Gasteiger charge is -2.07. The van der Waals surface area contributed by atoms with Gasteiger partial charge in [0.1, 0.15) is 10.8 Å². The number of carbonyl (C=O) groups is 1. The van der Waals surface area contributed by atoms with Crippen LogP contribution in [0.25, 0.3) is 0 Å². The Kier molecular flexibility index (Phi) is 3.82. The van der Waals surface area contributed by atoms with Crippen molar-refractivity contribution >= 4 is 29.2 Å². The minimum absolute atomic E-state index is 0.227. The first-order valence-corrected chi connectivity index (χ1v) is 4.45. The summed E-state index contributed by atoms with van der Waals surface area (Å²) in [6.07, 6.45) is -2.90. The van der Waals surface area contributed by atoms with Crippen LogP contribution in [0.4, 0.5) is 8.78 Å². The molecule has 1 aromatic heterocycles. The number of pyridine rings is 1. The SMILES string of the molecule is COC(=O)c1cc(Cl)nc(C(F)F)c1Cl. The predicted molar refractivity (Wildman–Crippen MR) is 50.6 cm³/mol. The van der Waals surface area contributed by atoms with E-state index in [9.17, 15) is 13.6 Å². The molecule has 3 nitrogen and oxygen atoms in total. The largest absolute Gasteiger partial charge is 0.465 e. The van der Waals surface area contributed by atoms with Gasteiger partial charge in [-0.25, -0.2) is 18.6 Å². The molecular formula is C8H5Cl2F2NO2. The summed E-state index contributed by atoms with van der Waals surface area (Å²) in [6.45, 7) is 0.